The van der Waals surface area contributed by atoms with E-state index >= 15 is 0 Å². The van der Waals surface area contributed by atoms with E-state index < -0.39 is 0 Å². The van der Waals surface area contributed by atoms with Crippen LogP contribution in [-0.4, -0.2) is 15.2 Å². The fourth-order valence-corrected chi connectivity index (χ4v) is 1.39. The summed E-state index contributed by atoms with van der Waals surface area (Å²) >= 11 is 0. The van der Waals surface area contributed by atoms with Gasteiger partial charge in [-0.25, -0.2) is 0 Å². The molecule has 0 amide bonds. The number of nitrogens with zero attached hydrogens (tertiary/aromatic N) is 2. The van der Waals surface area contributed by atoms with Crippen LogP contribution < -0.4 is 4.74 Å². The molecule has 0 aliphatic rings. The molecule has 0 saturated carbocycles. The van der Waals surface area contributed by atoms with Gasteiger partial charge in [0.25, 0.3) is 0 Å². The van der Waals surface area contributed by atoms with Gasteiger partial charge in [-0.05, 0) is 19.1 Å². The molecule has 17 heavy (non-hydrogen) atoms. The van der Waals surface area contributed by atoms with Crippen molar-refractivity contribution in [2.24, 2.45) is 0 Å². The third kappa shape index (κ3) is 2.55. The van der Waals surface area contributed by atoms with E-state index in [1.807, 2.05) is 6.92 Å². The van der Waals surface area contributed by atoms with Crippen molar-refractivity contribution in [1.29, 1.82) is 0 Å². The number of benzene rings is 1. The second kappa shape index (κ2) is 4.86. The van der Waals surface area contributed by atoms with Crippen LogP contribution in [0.1, 0.15) is 24.2 Å². The van der Waals surface area contributed by atoms with Crippen LogP contribution in [0.3, 0.4) is 0 Å². The Hall–Kier alpha value is -2.04. The van der Waals surface area contributed by atoms with Crippen LogP contribution in [0, 0.1) is 6.92 Å². The molecule has 5 heteroatoms. The molecule has 0 spiro atoms. The van der Waals surface area contributed by atoms with E-state index in [0.717, 1.165) is 0 Å². The Morgan fingerprint density at radius 1 is 1.41 bits per heavy atom. The molecule has 90 valence electrons. The van der Waals surface area contributed by atoms with Gasteiger partial charge in [0, 0.05) is 12.0 Å². The minimum atomic E-state index is 0.213. The first kappa shape index (κ1) is 11.4. The topological polar surface area (TPSA) is 68.4 Å². The normalized spacial score (nSPS) is 10.5. The summed E-state index contributed by atoms with van der Waals surface area (Å²) in [5.74, 6) is 1.93. The number of aryl methyl sites for hydroxylation is 1. The van der Waals surface area contributed by atoms with Crippen molar-refractivity contribution in [3.8, 4) is 11.5 Å². The molecule has 1 heterocycles. The average molecular weight is 234 g/mol. The van der Waals surface area contributed by atoms with Gasteiger partial charge in [-0.1, -0.05) is 18.1 Å². The smallest absolute Gasteiger partial charge is 0.226 e. The number of hydrogen-bond donors (Lipinski definition) is 1. The Balaban J connectivity index is 2.04. The maximum Gasteiger partial charge on any atom is 0.226 e. The van der Waals surface area contributed by atoms with E-state index in [0.29, 0.717) is 29.4 Å². The van der Waals surface area contributed by atoms with Crippen molar-refractivity contribution >= 4 is 0 Å². The number of aromatic nitrogens is 2. The predicted molar refractivity (Wildman–Crippen MR) is 60.9 cm³/mol. The SMILES string of the molecule is CCc1nc(COc2cccc(O)c2C)no1. The fraction of sp³-hybridized carbons (Fsp3) is 0.333. The fourth-order valence-electron chi connectivity index (χ4n) is 1.39. The largest absolute Gasteiger partial charge is 0.508 e. The van der Waals surface area contributed by atoms with Crippen LogP contribution in [0.15, 0.2) is 22.7 Å². The molecule has 2 rings (SSSR count). The Bertz CT molecular complexity index is 508. The van der Waals surface area contributed by atoms with Gasteiger partial charge in [0.15, 0.2) is 6.61 Å². The summed E-state index contributed by atoms with van der Waals surface area (Å²) in [6, 6.07) is 5.13. The maximum atomic E-state index is 9.51. The Labute approximate surface area is 99.0 Å². The minimum Gasteiger partial charge on any atom is -0.508 e. The van der Waals surface area contributed by atoms with Gasteiger partial charge >= 0.3 is 0 Å². The molecule has 1 aromatic heterocycles. The Kier molecular flexibility index (Phi) is 3.27. The van der Waals surface area contributed by atoms with Crippen molar-refractivity contribution in [1.82, 2.24) is 10.1 Å². The summed E-state index contributed by atoms with van der Waals surface area (Å²) in [6.45, 7) is 3.96. The van der Waals surface area contributed by atoms with E-state index in [2.05, 4.69) is 10.1 Å². The van der Waals surface area contributed by atoms with Gasteiger partial charge in [-0.15, -0.1) is 0 Å². The van der Waals surface area contributed by atoms with E-state index in [1.54, 1.807) is 25.1 Å². The van der Waals surface area contributed by atoms with Gasteiger partial charge in [0.1, 0.15) is 11.5 Å². The molecule has 0 fully saturated rings. The number of ether oxygens (including phenoxy) is 1. The lowest BCUT2D eigenvalue weighted by Crippen LogP contribution is -1.99. The molecule has 0 aliphatic heterocycles. The Morgan fingerprint density at radius 3 is 2.94 bits per heavy atom. The number of aromatic hydroxyl groups is 1. The summed E-state index contributed by atoms with van der Waals surface area (Å²) in [6.07, 6.45) is 0.707. The van der Waals surface area contributed by atoms with E-state index in [9.17, 15) is 5.11 Å². The summed E-state index contributed by atoms with van der Waals surface area (Å²) in [7, 11) is 0. The molecular weight excluding hydrogens is 220 g/mol. The van der Waals surface area contributed by atoms with Gasteiger partial charge in [0.05, 0.1) is 0 Å². The van der Waals surface area contributed by atoms with E-state index in [1.165, 1.54) is 0 Å². The molecule has 5 nitrogen and oxygen atoms in total. The maximum absolute atomic E-state index is 9.51. The van der Waals surface area contributed by atoms with Gasteiger partial charge in [0.2, 0.25) is 11.7 Å². The lowest BCUT2D eigenvalue weighted by atomic mass is 10.2. The van der Waals surface area contributed by atoms with Crippen LogP contribution in [0.2, 0.25) is 0 Å². The van der Waals surface area contributed by atoms with Crippen LogP contribution >= 0.6 is 0 Å². The third-order valence-electron chi connectivity index (χ3n) is 2.42. The lowest BCUT2D eigenvalue weighted by molar-refractivity contribution is 0.282. The molecule has 1 aromatic carbocycles. The zero-order valence-electron chi connectivity index (χ0n) is 9.80. The third-order valence-corrected chi connectivity index (χ3v) is 2.42. The molecular formula is C12H14N2O3. The zero-order chi connectivity index (χ0) is 12.3. The highest BCUT2D eigenvalue weighted by atomic mass is 16.5. The standard InChI is InChI=1S/C12H14N2O3/c1-3-12-13-11(14-17-12)7-16-10-6-4-5-9(15)8(10)2/h4-6,15H,3,7H2,1-2H3. The molecule has 0 unspecified atom stereocenters. The van der Waals surface area contributed by atoms with Crippen LogP contribution in [-0.2, 0) is 13.0 Å². The van der Waals surface area contributed by atoms with E-state index in [4.69, 9.17) is 9.26 Å². The Morgan fingerprint density at radius 2 is 2.24 bits per heavy atom. The number of phenolic OH excluding ortho intramolecular Hbond substituents is 1. The molecule has 0 bridgehead atoms. The quantitative estimate of drug-likeness (QED) is 0.878. The van der Waals surface area contributed by atoms with Crippen molar-refractivity contribution in [2.45, 2.75) is 26.9 Å². The molecule has 0 atom stereocenters. The van der Waals surface area contributed by atoms with Crippen molar-refractivity contribution in [3.63, 3.8) is 0 Å². The van der Waals surface area contributed by atoms with Crippen molar-refractivity contribution in [3.05, 3.63) is 35.5 Å². The van der Waals surface area contributed by atoms with E-state index in [-0.39, 0.29) is 12.4 Å². The van der Waals surface area contributed by atoms with Gasteiger partial charge in [-0.3, -0.25) is 0 Å². The van der Waals surface area contributed by atoms with Crippen LogP contribution in [0.25, 0.3) is 0 Å². The summed E-state index contributed by atoms with van der Waals surface area (Å²) in [5, 5.41) is 13.3. The molecule has 2 aromatic rings. The van der Waals surface area contributed by atoms with Crippen molar-refractivity contribution in [2.75, 3.05) is 0 Å². The highest BCUT2D eigenvalue weighted by molar-refractivity contribution is 5.42. The van der Waals surface area contributed by atoms with Gasteiger partial charge in [-0.2, -0.15) is 4.98 Å². The minimum absolute atomic E-state index is 0.213. The number of rotatable bonds is 4. The average Bonchev–Trinajstić information content (AvgIpc) is 2.79. The molecule has 0 aliphatic carbocycles. The molecule has 0 radical (unpaired) electrons. The van der Waals surface area contributed by atoms with Crippen LogP contribution in [0.4, 0.5) is 0 Å². The van der Waals surface area contributed by atoms with Gasteiger partial charge < -0.3 is 14.4 Å². The summed E-state index contributed by atoms with van der Waals surface area (Å²) in [4.78, 5) is 4.13. The monoisotopic (exact) mass is 234 g/mol. The predicted octanol–water partition coefficient (Wildman–Crippen LogP) is 2.23. The molecule has 1 N–H and O–H groups in total. The lowest BCUT2D eigenvalue weighted by Gasteiger charge is -2.07. The highest BCUT2D eigenvalue weighted by Gasteiger charge is 2.07. The zero-order valence-corrected chi connectivity index (χ0v) is 9.80. The first-order valence-corrected chi connectivity index (χ1v) is 5.43. The number of hydrogen-bond acceptors (Lipinski definition) is 5. The second-order valence-corrected chi connectivity index (χ2v) is 3.65. The molecule has 0 saturated heterocycles. The van der Waals surface area contributed by atoms with Crippen molar-refractivity contribution < 1.29 is 14.4 Å². The number of phenols is 1. The highest BCUT2D eigenvalue weighted by Crippen LogP contribution is 2.26. The second-order valence-electron chi connectivity index (χ2n) is 3.65. The van der Waals surface area contributed by atoms with Crippen LogP contribution in [0.5, 0.6) is 11.5 Å². The summed E-state index contributed by atoms with van der Waals surface area (Å²) in [5.41, 5.74) is 0.701. The first-order valence-electron chi connectivity index (χ1n) is 5.43. The summed E-state index contributed by atoms with van der Waals surface area (Å²) < 4.78 is 10.5. The first-order chi connectivity index (χ1) is 8.20.